The van der Waals surface area contributed by atoms with E-state index in [1.807, 2.05) is 13.0 Å². The van der Waals surface area contributed by atoms with E-state index in [1.54, 1.807) is 15.9 Å². The molecule has 5 atom stereocenters. The minimum absolute atomic E-state index is 0.111. The molecule has 1 spiro atoms. The largest absolute Gasteiger partial charge is 0.465 e. The third kappa shape index (κ3) is 6.59. The number of carbonyl (C=O) groups excluding carboxylic acids is 3. The maximum atomic E-state index is 14.2. The van der Waals surface area contributed by atoms with Gasteiger partial charge in [0.15, 0.2) is 0 Å². The Hall–Kier alpha value is -2.19. The highest BCUT2D eigenvalue weighted by atomic mass is 16.6. The molecule has 3 saturated heterocycles. The van der Waals surface area contributed by atoms with Crippen LogP contribution in [0.25, 0.3) is 0 Å². The van der Waals surface area contributed by atoms with E-state index < -0.39 is 35.0 Å². The lowest BCUT2D eigenvalue weighted by Crippen LogP contribution is -2.56. The summed E-state index contributed by atoms with van der Waals surface area (Å²) in [5.74, 6) is -2.11. The quantitative estimate of drug-likeness (QED) is 0.147. The first-order valence-electron chi connectivity index (χ1n) is 15.1. The fraction of sp³-hybridized carbons (Fsp3) is 0.774. The van der Waals surface area contributed by atoms with Gasteiger partial charge in [0.05, 0.1) is 18.1 Å². The van der Waals surface area contributed by atoms with E-state index in [1.165, 1.54) is 0 Å². The van der Waals surface area contributed by atoms with E-state index in [9.17, 15) is 14.4 Å². The summed E-state index contributed by atoms with van der Waals surface area (Å²) in [4.78, 5) is 45.3. The van der Waals surface area contributed by atoms with Crippen LogP contribution in [0.15, 0.2) is 25.3 Å². The average molecular weight is 547 g/mol. The zero-order valence-electron chi connectivity index (χ0n) is 24.2. The van der Waals surface area contributed by atoms with E-state index >= 15 is 0 Å². The Labute approximate surface area is 234 Å². The molecule has 0 aromatic heterocycles. The summed E-state index contributed by atoms with van der Waals surface area (Å²) >= 11 is 0. The molecular weight excluding hydrogens is 496 g/mol. The number of rotatable bonds is 19. The molecule has 2 amide bonds. The first-order valence-corrected chi connectivity index (χ1v) is 15.1. The molecule has 8 heteroatoms. The molecule has 3 rings (SSSR count). The third-order valence-electron chi connectivity index (χ3n) is 8.81. The SMILES string of the molecule is C=CCCCCOC(=O)[C@H]1[C@H]2C(=O)N(CCCCCCO)C(C(=O)N(CC=C)CCCCC)C23CC[C@]1(C)O3. The van der Waals surface area contributed by atoms with Gasteiger partial charge in [0.25, 0.3) is 0 Å². The van der Waals surface area contributed by atoms with E-state index in [0.29, 0.717) is 39.1 Å². The van der Waals surface area contributed by atoms with Crippen LogP contribution in [0.1, 0.15) is 90.9 Å². The highest BCUT2D eigenvalue weighted by Crippen LogP contribution is 2.63. The number of esters is 1. The molecule has 0 aliphatic carbocycles. The standard InChI is InChI=1S/C31H50N2O6/c1-5-8-10-16-23-38-29(37)25-24-27(35)33(21-14-11-12-15-22-34)26(31(24)18-17-30(25,4)39-31)28(36)32(19-7-3)20-13-9-6-2/h5,7,24-26,34H,1,3,6,8-23H2,2,4H3/t24-,25+,26?,30-,31?/m0/s1. The summed E-state index contributed by atoms with van der Waals surface area (Å²) in [6, 6.07) is -0.762. The van der Waals surface area contributed by atoms with Gasteiger partial charge in [-0.25, -0.2) is 0 Å². The lowest BCUT2D eigenvalue weighted by molar-refractivity contribution is -0.160. The summed E-state index contributed by atoms with van der Waals surface area (Å²) in [5, 5.41) is 9.14. The average Bonchev–Trinajstić information content (AvgIpc) is 3.48. The van der Waals surface area contributed by atoms with Crippen molar-refractivity contribution in [3.8, 4) is 0 Å². The number of hydrogen-bond donors (Lipinski definition) is 1. The van der Waals surface area contributed by atoms with Crippen molar-refractivity contribution < 1.29 is 29.0 Å². The van der Waals surface area contributed by atoms with Crippen LogP contribution in [0.5, 0.6) is 0 Å². The van der Waals surface area contributed by atoms with Crippen LogP contribution in [0.3, 0.4) is 0 Å². The van der Waals surface area contributed by atoms with Crippen molar-refractivity contribution in [1.82, 2.24) is 9.80 Å². The topological polar surface area (TPSA) is 96.4 Å². The van der Waals surface area contributed by atoms with Crippen LogP contribution in [-0.4, -0.2) is 82.8 Å². The Balaban J connectivity index is 1.88. The van der Waals surface area contributed by atoms with Crippen LogP contribution in [0, 0.1) is 11.8 Å². The first kappa shape index (κ1) is 31.3. The maximum Gasteiger partial charge on any atom is 0.312 e. The highest BCUT2D eigenvalue weighted by Gasteiger charge is 2.78. The van der Waals surface area contributed by atoms with Crippen molar-refractivity contribution in [1.29, 1.82) is 0 Å². The van der Waals surface area contributed by atoms with Gasteiger partial charge in [-0.2, -0.15) is 0 Å². The van der Waals surface area contributed by atoms with Gasteiger partial charge < -0.3 is 24.4 Å². The minimum atomic E-state index is -1.02. The zero-order valence-corrected chi connectivity index (χ0v) is 24.2. The molecule has 3 heterocycles. The van der Waals surface area contributed by atoms with Gasteiger partial charge in [0.2, 0.25) is 11.8 Å². The summed E-state index contributed by atoms with van der Waals surface area (Å²) in [6.07, 6.45) is 13.3. The Bertz CT molecular complexity index is 877. The number of amides is 2. The smallest absolute Gasteiger partial charge is 0.312 e. The number of ether oxygens (including phenoxy) is 2. The monoisotopic (exact) mass is 546 g/mol. The molecule has 0 saturated carbocycles. The molecule has 220 valence electrons. The van der Waals surface area contributed by atoms with Gasteiger partial charge in [-0.15, -0.1) is 13.2 Å². The molecule has 3 aliphatic rings. The number of carbonyl (C=O) groups is 3. The predicted octanol–water partition coefficient (Wildman–Crippen LogP) is 4.41. The number of fused-ring (bicyclic) bond motifs is 1. The van der Waals surface area contributed by atoms with Crippen LogP contribution >= 0.6 is 0 Å². The van der Waals surface area contributed by atoms with E-state index in [2.05, 4.69) is 20.1 Å². The molecule has 0 aromatic rings. The second kappa shape index (κ2) is 14.4. The maximum absolute atomic E-state index is 14.2. The van der Waals surface area contributed by atoms with Crippen molar-refractivity contribution in [2.24, 2.45) is 11.8 Å². The van der Waals surface area contributed by atoms with Gasteiger partial charge in [-0.05, 0) is 58.3 Å². The fourth-order valence-electron chi connectivity index (χ4n) is 6.88. The predicted molar refractivity (Wildman–Crippen MR) is 151 cm³/mol. The van der Waals surface area contributed by atoms with Crippen molar-refractivity contribution in [2.75, 3.05) is 32.8 Å². The molecule has 3 aliphatic heterocycles. The second-order valence-electron chi connectivity index (χ2n) is 11.6. The zero-order chi connectivity index (χ0) is 28.5. The number of likely N-dealkylation sites (tertiary alicyclic amines) is 1. The Morgan fingerprint density at radius 2 is 1.87 bits per heavy atom. The van der Waals surface area contributed by atoms with Crippen LogP contribution in [0.4, 0.5) is 0 Å². The second-order valence-corrected chi connectivity index (χ2v) is 11.6. The van der Waals surface area contributed by atoms with Gasteiger partial charge in [-0.1, -0.05) is 44.8 Å². The van der Waals surface area contributed by atoms with Crippen LogP contribution in [-0.2, 0) is 23.9 Å². The Kier molecular flexibility index (Phi) is 11.6. The van der Waals surface area contributed by atoms with E-state index in [-0.39, 0.29) is 18.4 Å². The molecule has 2 bridgehead atoms. The molecule has 1 N–H and O–H groups in total. The van der Waals surface area contributed by atoms with Gasteiger partial charge in [0.1, 0.15) is 17.6 Å². The molecule has 0 radical (unpaired) electrons. The fourth-order valence-corrected chi connectivity index (χ4v) is 6.88. The summed E-state index contributed by atoms with van der Waals surface area (Å²) in [7, 11) is 0. The molecule has 0 aromatic carbocycles. The molecular formula is C31H50N2O6. The normalized spacial score (nSPS) is 28.9. The van der Waals surface area contributed by atoms with Crippen LogP contribution < -0.4 is 0 Å². The lowest BCUT2D eigenvalue weighted by atomic mass is 9.66. The van der Waals surface area contributed by atoms with E-state index in [0.717, 1.165) is 64.2 Å². The third-order valence-corrected chi connectivity index (χ3v) is 8.81. The number of allylic oxidation sites excluding steroid dienone is 1. The number of unbranched alkanes of at least 4 members (excludes halogenated alkanes) is 7. The Morgan fingerprint density at radius 3 is 2.56 bits per heavy atom. The van der Waals surface area contributed by atoms with E-state index in [4.69, 9.17) is 14.6 Å². The molecule has 2 unspecified atom stereocenters. The van der Waals surface area contributed by atoms with Crippen molar-refractivity contribution in [3.05, 3.63) is 25.3 Å². The number of aliphatic hydroxyl groups is 1. The number of hydrogen-bond acceptors (Lipinski definition) is 6. The molecule has 8 nitrogen and oxygen atoms in total. The van der Waals surface area contributed by atoms with Gasteiger partial charge in [0, 0.05) is 26.2 Å². The summed E-state index contributed by atoms with van der Waals surface area (Å²) < 4.78 is 12.4. The minimum Gasteiger partial charge on any atom is -0.465 e. The summed E-state index contributed by atoms with van der Waals surface area (Å²) in [6.45, 7) is 13.5. The Morgan fingerprint density at radius 1 is 1.10 bits per heavy atom. The first-order chi connectivity index (χ1) is 18.8. The molecule has 3 fully saturated rings. The van der Waals surface area contributed by atoms with Crippen molar-refractivity contribution in [2.45, 2.75) is 108 Å². The highest BCUT2D eigenvalue weighted by molar-refractivity contribution is 5.98. The van der Waals surface area contributed by atoms with Crippen molar-refractivity contribution in [3.63, 3.8) is 0 Å². The lowest BCUT2D eigenvalue weighted by Gasteiger charge is -2.37. The number of nitrogens with zero attached hydrogens (tertiary/aromatic N) is 2. The summed E-state index contributed by atoms with van der Waals surface area (Å²) in [5.41, 5.74) is -1.85. The molecule has 39 heavy (non-hydrogen) atoms. The van der Waals surface area contributed by atoms with Gasteiger partial charge in [-0.3, -0.25) is 14.4 Å². The van der Waals surface area contributed by atoms with Crippen molar-refractivity contribution >= 4 is 17.8 Å². The van der Waals surface area contributed by atoms with Crippen LogP contribution in [0.2, 0.25) is 0 Å². The number of aliphatic hydroxyl groups excluding tert-OH is 1. The van der Waals surface area contributed by atoms with Gasteiger partial charge >= 0.3 is 5.97 Å².